The number of para-hydroxylation sites is 1. The van der Waals surface area contributed by atoms with Crippen molar-refractivity contribution in [1.82, 2.24) is 0 Å². The summed E-state index contributed by atoms with van der Waals surface area (Å²) in [6.07, 6.45) is 1.51. The summed E-state index contributed by atoms with van der Waals surface area (Å²) in [4.78, 5) is 24.3. The molecule has 0 unspecified atom stereocenters. The lowest BCUT2D eigenvalue weighted by Crippen LogP contribution is -2.14. The third kappa shape index (κ3) is 6.08. The number of nitrogens with zero attached hydrogens (tertiary/aromatic N) is 1. The Bertz CT molecular complexity index is 1240. The van der Waals surface area contributed by atoms with E-state index >= 15 is 0 Å². The fraction of sp³-hybridized carbons (Fsp3) is 0.148. The van der Waals surface area contributed by atoms with Crippen LogP contribution in [0.15, 0.2) is 72.3 Å². The van der Waals surface area contributed by atoms with E-state index in [1.807, 2.05) is 44.2 Å². The molecule has 33 heavy (non-hydrogen) atoms. The van der Waals surface area contributed by atoms with Crippen LogP contribution in [0, 0.1) is 25.2 Å². The average molecular weight is 440 g/mol. The fourth-order valence-electron chi connectivity index (χ4n) is 3.19. The Kier molecular flexibility index (Phi) is 7.61. The molecule has 0 aliphatic carbocycles. The number of benzene rings is 3. The van der Waals surface area contributed by atoms with E-state index in [1.54, 1.807) is 42.5 Å². The van der Waals surface area contributed by atoms with Crippen molar-refractivity contribution in [3.8, 4) is 11.8 Å². The highest BCUT2D eigenvalue weighted by atomic mass is 16.5. The molecule has 1 N–H and O–H groups in total. The van der Waals surface area contributed by atoms with E-state index in [9.17, 15) is 14.9 Å². The molecule has 3 rings (SSSR count). The van der Waals surface area contributed by atoms with Crippen molar-refractivity contribution in [3.63, 3.8) is 0 Å². The lowest BCUT2D eigenvalue weighted by molar-refractivity contribution is -0.112. The standard InChI is InChI=1S/C27H24N2O4/c1-18-8-13-24(19(2)14-18)29-26(30)23(16-28)15-22-6-4-5-7-25(22)33-17-20-9-11-21(12-10-20)27(31)32-3/h4-15H,17H2,1-3H3,(H,29,30)/b23-15+. The molecule has 0 atom stereocenters. The summed E-state index contributed by atoms with van der Waals surface area (Å²) in [7, 11) is 1.33. The quantitative estimate of drug-likeness (QED) is 0.309. The monoisotopic (exact) mass is 440 g/mol. The summed E-state index contributed by atoms with van der Waals surface area (Å²) in [6, 6.07) is 21.7. The molecular weight excluding hydrogens is 416 g/mol. The van der Waals surface area contributed by atoms with Crippen LogP contribution < -0.4 is 10.1 Å². The van der Waals surface area contributed by atoms with Gasteiger partial charge in [-0.2, -0.15) is 5.26 Å². The van der Waals surface area contributed by atoms with Crippen LogP contribution in [-0.4, -0.2) is 19.0 Å². The second kappa shape index (κ2) is 10.8. The van der Waals surface area contributed by atoms with Gasteiger partial charge >= 0.3 is 5.97 Å². The number of ether oxygens (including phenoxy) is 2. The maximum Gasteiger partial charge on any atom is 0.337 e. The van der Waals surface area contributed by atoms with Gasteiger partial charge in [-0.3, -0.25) is 4.79 Å². The van der Waals surface area contributed by atoms with Crippen LogP contribution in [0.1, 0.15) is 32.6 Å². The van der Waals surface area contributed by atoms with E-state index < -0.39 is 11.9 Å². The molecule has 0 spiro atoms. The zero-order valence-corrected chi connectivity index (χ0v) is 18.7. The first-order valence-electron chi connectivity index (χ1n) is 10.3. The van der Waals surface area contributed by atoms with Crippen molar-refractivity contribution in [3.05, 3.63) is 100 Å². The number of nitriles is 1. The summed E-state index contributed by atoms with van der Waals surface area (Å²) >= 11 is 0. The van der Waals surface area contributed by atoms with Crippen molar-refractivity contribution < 1.29 is 19.1 Å². The predicted molar refractivity (Wildman–Crippen MR) is 127 cm³/mol. The highest BCUT2D eigenvalue weighted by Gasteiger charge is 2.13. The van der Waals surface area contributed by atoms with Crippen LogP contribution in [0.5, 0.6) is 5.75 Å². The normalized spacial score (nSPS) is 10.8. The van der Waals surface area contributed by atoms with E-state index in [-0.39, 0.29) is 12.2 Å². The van der Waals surface area contributed by atoms with Gasteiger partial charge in [0.1, 0.15) is 24.0 Å². The first-order chi connectivity index (χ1) is 15.9. The second-order valence-electron chi connectivity index (χ2n) is 7.46. The smallest absolute Gasteiger partial charge is 0.337 e. The van der Waals surface area contributed by atoms with Crippen LogP contribution in [0.25, 0.3) is 6.08 Å². The molecule has 6 nitrogen and oxygen atoms in total. The molecule has 3 aromatic carbocycles. The van der Waals surface area contributed by atoms with Crippen LogP contribution in [0.2, 0.25) is 0 Å². The van der Waals surface area contributed by atoms with Gasteiger partial charge in [0.05, 0.1) is 12.7 Å². The van der Waals surface area contributed by atoms with E-state index in [2.05, 4.69) is 5.32 Å². The average Bonchev–Trinajstić information content (AvgIpc) is 2.83. The topological polar surface area (TPSA) is 88.4 Å². The Morgan fingerprint density at radius 1 is 1.03 bits per heavy atom. The molecule has 0 saturated heterocycles. The summed E-state index contributed by atoms with van der Waals surface area (Å²) in [5.41, 5.74) is 4.55. The molecule has 3 aromatic rings. The number of carbonyl (C=O) groups excluding carboxylic acids is 2. The third-order valence-electron chi connectivity index (χ3n) is 4.98. The van der Waals surface area contributed by atoms with E-state index in [4.69, 9.17) is 9.47 Å². The highest BCUT2D eigenvalue weighted by Crippen LogP contribution is 2.23. The van der Waals surface area contributed by atoms with Crippen molar-refractivity contribution in [2.45, 2.75) is 20.5 Å². The van der Waals surface area contributed by atoms with Gasteiger partial charge in [-0.15, -0.1) is 0 Å². The Balaban J connectivity index is 1.75. The summed E-state index contributed by atoms with van der Waals surface area (Å²) in [6.45, 7) is 4.13. The van der Waals surface area contributed by atoms with Gasteiger partial charge in [0.15, 0.2) is 0 Å². The van der Waals surface area contributed by atoms with Crippen LogP contribution in [0.3, 0.4) is 0 Å². The lowest BCUT2D eigenvalue weighted by atomic mass is 10.1. The fourth-order valence-corrected chi connectivity index (χ4v) is 3.19. The Hall–Kier alpha value is -4.37. The summed E-state index contributed by atoms with van der Waals surface area (Å²) < 4.78 is 10.6. The van der Waals surface area contributed by atoms with Crippen molar-refractivity contribution >= 4 is 23.6 Å². The molecule has 1 amide bonds. The molecule has 0 aliphatic rings. The third-order valence-corrected chi connectivity index (χ3v) is 4.98. The maximum atomic E-state index is 12.7. The molecule has 0 saturated carbocycles. The summed E-state index contributed by atoms with van der Waals surface area (Å²) in [5, 5.41) is 12.4. The Labute approximate surface area is 193 Å². The molecule has 6 heteroatoms. The molecule has 0 bridgehead atoms. The van der Waals surface area contributed by atoms with Crippen molar-refractivity contribution in [1.29, 1.82) is 5.26 Å². The molecule has 166 valence electrons. The number of carbonyl (C=O) groups is 2. The van der Waals surface area contributed by atoms with Gasteiger partial charge in [0.25, 0.3) is 5.91 Å². The zero-order valence-electron chi connectivity index (χ0n) is 18.7. The summed E-state index contributed by atoms with van der Waals surface area (Å²) in [5.74, 6) is -0.361. The SMILES string of the molecule is COC(=O)c1ccc(COc2ccccc2/C=C(\C#N)C(=O)Nc2ccc(C)cc2C)cc1. The van der Waals surface area contributed by atoms with Crippen LogP contribution in [-0.2, 0) is 16.1 Å². The number of esters is 1. The largest absolute Gasteiger partial charge is 0.488 e. The minimum absolute atomic E-state index is 0.0338. The van der Waals surface area contributed by atoms with Gasteiger partial charge in [-0.05, 0) is 55.3 Å². The second-order valence-corrected chi connectivity index (χ2v) is 7.46. The number of amides is 1. The highest BCUT2D eigenvalue weighted by molar-refractivity contribution is 6.10. The Morgan fingerprint density at radius 2 is 1.76 bits per heavy atom. The molecule has 0 aromatic heterocycles. The van der Waals surface area contributed by atoms with Crippen LogP contribution in [0.4, 0.5) is 5.69 Å². The Morgan fingerprint density at radius 3 is 2.42 bits per heavy atom. The number of rotatable bonds is 7. The first-order valence-corrected chi connectivity index (χ1v) is 10.3. The maximum absolute atomic E-state index is 12.7. The molecule has 0 fully saturated rings. The number of anilines is 1. The predicted octanol–water partition coefficient (Wildman–Crippen LogP) is 5.21. The number of aryl methyl sites for hydroxylation is 2. The van der Waals surface area contributed by atoms with Crippen molar-refractivity contribution in [2.75, 3.05) is 12.4 Å². The van der Waals surface area contributed by atoms with Gasteiger partial charge < -0.3 is 14.8 Å². The van der Waals surface area contributed by atoms with Gasteiger partial charge in [-0.25, -0.2) is 4.79 Å². The first kappa shape index (κ1) is 23.3. The number of nitrogens with one attached hydrogen (secondary N) is 1. The van der Waals surface area contributed by atoms with Crippen LogP contribution >= 0.6 is 0 Å². The van der Waals surface area contributed by atoms with Crippen molar-refractivity contribution in [2.24, 2.45) is 0 Å². The molecular formula is C27H24N2O4. The molecule has 0 aliphatic heterocycles. The zero-order chi connectivity index (χ0) is 23.8. The van der Waals surface area contributed by atoms with E-state index in [0.29, 0.717) is 22.6 Å². The minimum atomic E-state index is -0.488. The van der Waals surface area contributed by atoms with Gasteiger partial charge in [-0.1, -0.05) is 48.0 Å². The number of hydrogen-bond acceptors (Lipinski definition) is 5. The molecule has 0 heterocycles. The van der Waals surface area contributed by atoms with Gasteiger partial charge in [0, 0.05) is 11.3 Å². The lowest BCUT2D eigenvalue weighted by Gasteiger charge is -2.11. The minimum Gasteiger partial charge on any atom is -0.488 e. The van der Waals surface area contributed by atoms with E-state index in [0.717, 1.165) is 16.7 Å². The van der Waals surface area contributed by atoms with Gasteiger partial charge in [0.2, 0.25) is 0 Å². The number of methoxy groups -OCH3 is 1. The number of hydrogen-bond donors (Lipinski definition) is 1. The van der Waals surface area contributed by atoms with E-state index in [1.165, 1.54) is 13.2 Å². The molecule has 0 radical (unpaired) electrons.